The molecular formula is C15H21ClN2O2. The van der Waals surface area contributed by atoms with E-state index in [1.54, 1.807) is 24.3 Å². The highest BCUT2D eigenvalue weighted by Crippen LogP contribution is 2.47. The van der Waals surface area contributed by atoms with Gasteiger partial charge in [0.05, 0.1) is 12.6 Å². The lowest BCUT2D eigenvalue weighted by molar-refractivity contribution is 0.215. The summed E-state index contributed by atoms with van der Waals surface area (Å²) in [7, 11) is 0. The van der Waals surface area contributed by atoms with Crippen LogP contribution in [-0.4, -0.2) is 24.3 Å². The average molecular weight is 297 g/mol. The summed E-state index contributed by atoms with van der Waals surface area (Å²) in [6, 6.07) is 6.45. The lowest BCUT2D eigenvalue weighted by atomic mass is 10.0. The molecule has 1 aromatic rings. The first kappa shape index (κ1) is 15.1. The van der Waals surface area contributed by atoms with E-state index in [0.29, 0.717) is 17.0 Å². The van der Waals surface area contributed by atoms with Crippen molar-refractivity contribution in [2.75, 3.05) is 13.2 Å². The van der Waals surface area contributed by atoms with E-state index in [0.717, 1.165) is 12.0 Å². The van der Waals surface area contributed by atoms with Crippen LogP contribution in [0.2, 0.25) is 5.02 Å². The maximum Gasteiger partial charge on any atom is 0.315 e. The van der Waals surface area contributed by atoms with Crippen LogP contribution in [0.3, 0.4) is 0 Å². The van der Waals surface area contributed by atoms with Gasteiger partial charge in [-0.05, 0) is 42.4 Å². The average Bonchev–Trinajstić information content (AvgIpc) is 3.24. The summed E-state index contributed by atoms with van der Waals surface area (Å²) in [6.07, 6.45) is 3.46. The van der Waals surface area contributed by atoms with Crippen molar-refractivity contribution >= 4 is 17.6 Å². The molecule has 2 rings (SSSR count). The molecule has 0 aliphatic heterocycles. The van der Waals surface area contributed by atoms with Gasteiger partial charge in [-0.3, -0.25) is 0 Å². The van der Waals surface area contributed by atoms with E-state index in [4.69, 9.17) is 11.6 Å². The van der Waals surface area contributed by atoms with Crippen LogP contribution in [0.5, 0.6) is 0 Å². The van der Waals surface area contributed by atoms with Crippen molar-refractivity contribution in [3.05, 3.63) is 34.9 Å². The van der Waals surface area contributed by atoms with Crippen molar-refractivity contribution in [1.29, 1.82) is 0 Å². The highest BCUT2D eigenvalue weighted by Gasteiger charge is 2.40. The van der Waals surface area contributed by atoms with E-state index in [1.807, 2.05) is 0 Å². The van der Waals surface area contributed by atoms with Crippen LogP contribution in [0.25, 0.3) is 0 Å². The van der Waals surface area contributed by atoms with Gasteiger partial charge >= 0.3 is 6.03 Å². The van der Waals surface area contributed by atoms with E-state index < -0.39 is 6.04 Å². The fourth-order valence-electron chi connectivity index (χ4n) is 2.24. The second-order valence-corrected chi connectivity index (χ2v) is 5.90. The predicted molar refractivity (Wildman–Crippen MR) is 79.8 cm³/mol. The summed E-state index contributed by atoms with van der Waals surface area (Å²) in [5.41, 5.74) is 1.15. The zero-order valence-corrected chi connectivity index (χ0v) is 12.4. The molecule has 3 N–H and O–H groups in total. The number of hydrogen-bond donors (Lipinski definition) is 3. The van der Waals surface area contributed by atoms with E-state index in [-0.39, 0.29) is 12.6 Å². The van der Waals surface area contributed by atoms with Gasteiger partial charge in [0.25, 0.3) is 0 Å². The number of benzene rings is 1. The van der Waals surface area contributed by atoms with Crippen LogP contribution in [0.4, 0.5) is 4.79 Å². The summed E-state index contributed by atoms with van der Waals surface area (Å²) >= 11 is 5.83. The molecule has 1 aromatic carbocycles. The van der Waals surface area contributed by atoms with Crippen LogP contribution in [0.15, 0.2) is 24.3 Å². The Balaban J connectivity index is 1.86. The number of amides is 2. The standard InChI is InChI=1S/C15H21ClN2O2/c1-2-15(7-8-15)10-17-14(20)18-13(9-19)11-3-5-12(16)6-4-11/h3-6,13,19H,2,7-10H2,1H3,(H2,17,18,20). The molecule has 1 atom stereocenters. The number of rotatable bonds is 6. The smallest absolute Gasteiger partial charge is 0.315 e. The Hall–Kier alpha value is -1.26. The first-order chi connectivity index (χ1) is 9.58. The second-order valence-electron chi connectivity index (χ2n) is 5.47. The fourth-order valence-corrected chi connectivity index (χ4v) is 2.36. The van der Waals surface area contributed by atoms with Gasteiger partial charge in [0.2, 0.25) is 0 Å². The zero-order valence-electron chi connectivity index (χ0n) is 11.7. The minimum Gasteiger partial charge on any atom is -0.394 e. The van der Waals surface area contributed by atoms with Crippen LogP contribution in [0, 0.1) is 5.41 Å². The zero-order chi connectivity index (χ0) is 14.6. The van der Waals surface area contributed by atoms with E-state index in [9.17, 15) is 9.90 Å². The van der Waals surface area contributed by atoms with Crippen molar-refractivity contribution in [2.45, 2.75) is 32.2 Å². The highest BCUT2D eigenvalue weighted by atomic mass is 35.5. The Morgan fingerprint density at radius 3 is 2.55 bits per heavy atom. The highest BCUT2D eigenvalue weighted by molar-refractivity contribution is 6.30. The Morgan fingerprint density at radius 1 is 1.40 bits per heavy atom. The van der Waals surface area contributed by atoms with Crippen molar-refractivity contribution in [3.8, 4) is 0 Å². The van der Waals surface area contributed by atoms with E-state index in [2.05, 4.69) is 17.6 Å². The topological polar surface area (TPSA) is 61.4 Å². The van der Waals surface area contributed by atoms with Crippen LogP contribution < -0.4 is 10.6 Å². The number of aliphatic hydroxyl groups excluding tert-OH is 1. The molecule has 2 amide bonds. The monoisotopic (exact) mass is 296 g/mol. The molecule has 0 spiro atoms. The number of carbonyl (C=O) groups excluding carboxylic acids is 1. The Kier molecular flexibility index (Phi) is 4.89. The number of aliphatic hydroxyl groups is 1. The first-order valence-electron chi connectivity index (χ1n) is 6.99. The summed E-state index contributed by atoms with van der Waals surface area (Å²) in [5.74, 6) is 0. The lowest BCUT2D eigenvalue weighted by Crippen LogP contribution is -2.41. The molecule has 0 saturated heterocycles. The van der Waals surface area contributed by atoms with E-state index in [1.165, 1.54) is 12.8 Å². The second kappa shape index (κ2) is 6.46. The normalized spacial score (nSPS) is 17.4. The molecule has 0 radical (unpaired) electrons. The summed E-state index contributed by atoms with van der Waals surface area (Å²) in [4.78, 5) is 11.9. The van der Waals surface area contributed by atoms with Crippen LogP contribution >= 0.6 is 11.6 Å². The molecule has 20 heavy (non-hydrogen) atoms. The van der Waals surface area contributed by atoms with Crippen molar-refractivity contribution in [3.63, 3.8) is 0 Å². The molecule has 1 fully saturated rings. The summed E-state index contributed by atoms with van der Waals surface area (Å²) in [6.45, 7) is 2.71. The van der Waals surface area contributed by atoms with Crippen molar-refractivity contribution < 1.29 is 9.90 Å². The Labute approximate surface area is 124 Å². The number of carbonyl (C=O) groups is 1. The van der Waals surface area contributed by atoms with Crippen LogP contribution in [-0.2, 0) is 0 Å². The van der Waals surface area contributed by atoms with Crippen molar-refractivity contribution in [1.82, 2.24) is 10.6 Å². The molecule has 0 bridgehead atoms. The van der Waals surface area contributed by atoms with Crippen LogP contribution in [0.1, 0.15) is 37.8 Å². The third-order valence-corrected chi connectivity index (χ3v) is 4.34. The third-order valence-electron chi connectivity index (χ3n) is 4.09. The molecule has 1 aliphatic rings. The quantitative estimate of drug-likeness (QED) is 0.756. The van der Waals surface area contributed by atoms with Gasteiger partial charge in [0, 0.05) is 11.6 Å². The molecule has 1 aliphatic carbocycles. The largest absolute Gasteiger partial charge is 0.394 e. The molecule has 1 saturated carbocycles. The molecule has 0 aromatic heterocycles. The molecule has 110 valence electrons. The van der Waals surface area contributed by atoms with Crippen molar-refractivity contribution in [2.24, 2.45) is 5.41 Å². The number of nitrogens with one attached hydrogen (secondary N) is 2. The first-order valence-corrected chi connectivity index (χ1v) is 7.37. The molecule has 0 heterocycles. The van der Waals surface area contributed by atoms with Gasteiger partial charge < -0.3 is 15.7 Å². The van der Waals surface area contributed by atoms with Gasteiger partial charge in [-0.1, -0.05) is 30.7 Å². The third kappa shape index (κ3) is 3.87. The Bertz CT molecular complexity index is 457. The fraction of sp³-hybridized carbons (Fsp3) is 0.533. The maximum absolute atomic E-state index is 11.9. The van der Waals surface area contributed by atoms with E-state index >= 15 is 0 Å². The molecular weight excluding hydrogens is 276 g/mol. The molecule has 5 heteroatoms. The van der Waals surface area contributed by atoms with Gasteiger partial charge in [-0.15, -0.1) is 0 Å². The van der Waals surface area contributed by atoms with Gasteiger partial charge in [0.15, 0.2) is 0 Å². The summed E-state index contributed by atoms with van der Waals surface area (Å²) in [5, 5.41) is 15.7. The van der Waals surface area contributed by atoms with Gasteiger partial charge in [0.1, 0.15) is 0 Å². The molecule has 1 unspecified atom stereocenters. The summed E-state index contributed by atoms with van der Waals surface area (Å²) < 4.78 is 0. The Morgan fingerprint density at radius 2 is 2.05 bits per heavy atom. The number of halogens is 1. The SMILES string of the molecule is CCC1(CNC(=O)NC(CO)c2ccc(Cl)cc2)CC1. The minimum atomic E-state index is -0.413. The van der Waals surface area contributed by atoms with Gasteiger partial charge in [-0.25, -0.2) is 4.79 Å². The minimum absolute atomic E-state index is 0.145. The lowest BCUT2D eigenvalue weighted by Gasteiger charge is -2.19. The number of urea groups is 1. The van der Waals surface area contributed by atoms with Gasteiger partial charge in [-0.2, -0.15) is 0 Å². The predicted octanol–water partition coefficient (Wildman–Crippen LogP) is 2.86. The number of hydrogen-bond acceptors (Lipinski definition) is 2. The molecule has 4 nitrogen and oxygen atoms in total. The maximum atomic E-state index is 11.9.